The van der Waals surface area contributed by atoms with E-state index < -0.39 is 0 Å². The van der Waals surface area contributed by atoms with Crippen LogP contribution in [0, 0.1) is 0 Å². The summed E-state index contributed by atoms with van der Waals surface area (Å²) in [6, 6.07) is 0. The summed E-state index contributed by atoms with van der Waals surface area (Å²) in [6.07, 6.45) is 5.99. The van der Waals surface area contributed by atoms with Crippen LogP contribution in [0.4, 0.5) is 0 Å². The summed E-state index contributed by atoms with van der Waals surface area (Å²) >= 11 is 3.53. The molecule has 1 aromatic heterocycles. The van der Waals surface area contributed by atoms with Gasteiger partial charge in [-0.05, 0) is 35.7 Å². The fourth-order valence-electron chi connectivity index (χ4n) is 2.42. The zero-order chi connectivity index (χ0) is 10.8. The Kier molecular flexibility index (Phi) is 3.46. The molecule has 3 nitrogen and oxygen atoms in total. The lowest BCUT2D eigenvalue weighted by molar-refractivity contribution is 0.102. The van der Waals surface area contributed by atoms with E-state index in [1.165, 1.54) is 12.1 Å². The van der Waals surface area contributed by atoms with Gasteiger partial charge in [0.2, 0.25) is 0 Å². The topological polar surface area (TPSA) is 38.0 Å². The molecular formula is C11H17BrN2O. The fraction of sp³-hybridized carbons (Fsp3) is 0.727. The number of aliphatic hydroxyl groups is 1. The largest absolute Gasteiger partial charge is 0.392 e. The van der Waals surface area contributed by atoms with Crippen molar-refractivity contribution >= 4 is 15.9 Å². The van der Waals surface area contributed by atoms with Crippen molar-refractivity contribution in [2.75, 3.05) is 0 Å². The number of aryl methyl sites for hydroxylation is 1. The molecule has 0 aromatic carbocycles. The third kappa shape index (κ3) is 2.11. The minimum Gasteiger partial charge on any atom is -0.392 e. The van der Waals surface area contributed by atoms with Crippen LogP contribution in [-0.4, -0.2) is 21.0 Å². The molecular weight excluding hydrogens is 256 g/mol. The molecule has 0 amide bonds. The predicted octanol–water partition coefficient (Wildman–Crippen LogP) is 2.68. The van der Waals surface area contributed by atoms with Crippen molar-refractivity contribution in [2.45, 2.75) is 51.2 Å². The zero-order valence-corrected chi connectivity index (χ0v) is 10.6. The van der Waals surface area contributed by atoms with E-state index in [1.54, 1.807) is 0 Å². The van der Waals surface area contributed by atoms with Gasteiger partial charge < -0.3 is 5.11 Å². The second kappa shape index (κ2) is 4.66. The number of aromatic nitrogens is 2. The molecule has 0 saturated heterocycles. The van der Waals surface area contributed by atoms with Crippen molar-refractivity contribution in [3.63, 3.8) is 0 Å². The summed E-state index contributed by atoms with van der Waals surface area (Å²) in [4.78, 5) is 0. The second-order valence-electron chi connectivity index (χ2n) is 4.15. The maximum atomic E-state index is 10.0. The number of hydrogen-bond acceptors (Lipinski definition) is 2. The molecule has 1 aliphatic carbocycles. The Bertz CT molecular complexity index is 337. The van der Waals surface area contributed by atoms with E-state index in [4.69, 9.17) is 0 Å². The van der Waals surface area contributed by atoms with Crippen LogP contribution in [0.5, 0.6) is 0 Å². The maximum Gasteiger partial charge on any atom is 0.0635 e. The Labute approximate surface area is 98.6 Å². The molecule has 1 N–H and O–H groups in total. The average Bonchev–Trinajstić information content (AvgIpc) is 2.60. The Morgan fingerprint density at radius 2 is 2.27 bits per heavy atom. The van der Waals surface area contributed by atoms with E-state index in [2.05, 4.69) is 28.0 Å². The first-order chi connectivity index (χ1) is 7.24. The van der Waals surface area contributed by atoms with Gasteiger partial charge in [0.1, 0.15) is 0 Å². The third-order valence-electron chi connectivity index (χ3n) is 3.21. The van der Waals surface area contributed by atoms with Crippen LogP contribution in [0.2, 0.25) is 0 Å². The first-order valence-corrected chi connectivity index (χ1v) is 6.42. The van der Waals surface area contributed by atoms with Crippen molar-refractivity contribution in [3.8, 4) is 0 Å². The Balaban J connectivity index is 2.29. The lowest BCUT2D eigenvalue weighted by atomic mass is 9.84. The fourth-order valence-corrected chi connectivity index (χ4v) is 3.01. The molecule has 2 rings (SSSR count). The van der Waals surface area contributed by atoms with Gasteiger partial charge in [0.15, 0.2) is 0 Å². The van der Waals surface area contributed by atoms with Gasteiger partial charge in [-0.2, -0.15) is 5.10 Å². The average molecular weight is 273 g/mol. The first kappa shape index (κ1) is 11.1. The number of hydrogen-bond donors (Lipinski definition) is 1. The quantitative estimate of drug-likeness (QED) is 0.899. The van der Waals surface area contributed by atoms with Gasteiger partial charge >= 0.3 is 0 Å². The molecule has 1 aliphatic rings. The highest BCUT2D eigenvalue weighted by molar-refractivity contribution is 9.10. The first-order valence-electron chi connectivity index (χ1n) is 5.63. The van der Waals surface area contributed by atoms with Gasteiger partial charge in [-0.25, -0.2) is 0 Å². The minimum atomic E-state index is -0.197. The molecule has 1 aromatic rings. The van der Waals surface area contributed by atoms with Crippen LogP contribution in [0.25, 0.3) is 0 Å². The van der Waals surface area contributed by atoms with Gasteiger partial charge in [-0.1, -0.05) is 12.8 Å². The molecule has 15 heavy (non-hydrogen) atoms. The van der Waals surface area contributed by atoms with Crippen molar-refractivity contribution in [1.82, 2.24) is 9.78 Å². The highest BCUT2D eigenvalue weighted by atomic mass is 79.9. The number of nitrogens with zero attached hydrogens (tertiary/aromatic N) is 2. The number of aliphatic hydroxyl groups excluding tert-OH is 1. The lowest BCUT2D eigenvalue weighted by Crippen LogP contribution is -2.25. The molecule has 1 saturated carbocycles. The van der Waals surface area contributed by atoms with Crippen LogP contribution in [0.3, 0.4) is 0 Å². The van der Waals surface area contributed by atoms with Crippen LogP contribution in [0.1, 0.15) is 44.2 Å². The van der Waals surface area contributed by atoms with E-state index >= 15 is 0 Å². The molecule has 4 heteroatoms. The van der Waals surface area contributed by atoms with Crippen LogP contribution in [0.15, 0.2) is 10.7 Å². The number of halogens is 1. The van der Waals surface area contributed by atoms with Gasteiger partial charge in [-0.15, -0.1) is 0 Å². The SMILES string of the molecule is CCn1ncc(Br)c1C1CCCCC1O. The van der Waals surface area contributed by atoms with Crippen molar-refractivity contribution < 1.29 is 5.11 Å². The Morgan fingerprint density at radius 1 is 1.53 bits per heavy atom. The smallest absolute Gasteiger partial charge is 0.0635 e. The van der Waals surface area contributed by atoms with Crippen molar-refractivity contribution in [3.05, 3.63) is 16.4 Å². The molecule has 0 spiro atoms. The molecule has 1 heterocycles. The zero-order valence-electron chi connectivity index (χ0n) is 8.99. The van der Waals surface area contributed by atoms with E-state index in [0.29, 0.717) is 0 Å². The van der Waals surface area contributed by atoms with Gasteiger partial charge in [0, 0.05) is 12.5 Å². The van der Waals surface area contributed by atoms with Crippen LogP contribution in [-0.2, 0) is 6.54 Å². The summed E-state index contributed by atoms with van der Waals surface area (Å²) in [6.45, 7) is 2.95. The standard InChI is InChI=1S/C11H17BrN2O/c1-2-14-11(9(12)7-13-14)8-5-3-4-6-10(8)15/h7-8,10,15H,2-6H2,1H3. The van der Waals surface area contributed by atoms with Crippen LogP contribution < -0.4 is 0 Å². The van der Waals surface area contributed by atoms with Crippen molar-refractivity contribution in [1.29, 1.82) is 0 Å². The monoisotopic (exact) mass is 272 g/mol. The summed E-state index contributed by atoms with van der Waals surface area (Å²) in [7, 11) is 0. The lowest BCUT2D eigenvalue weighted by Gasteiger charge is -2.28. The van der Waals surface area contributed by atoms with Gasteiger partial charge in [-0.3, -0.25) is 4.68 Å². The molecule has 0 bridgehead atoms. The number of rotatable bonds is 2. The highest BCUT2D eigenvalue weighted by Gasteiger charge is 2.28. The molecule has 1 fully saturated rings. The normalized spacial score (nSPS) is 26.9. The molecule has 0 radical (unpaired) electrons. The summed E-state index contributed by atoms with van der Waals surface area (Å²) in [5, 5.41) is 14.3. The summed E-state index contributed by atoms with van der Waals surface area (Å²) in [5.41, 5.74) is 1.17. The van der Waals surface area contributed by atoms with E-state index in [9.17, 15) is 5.11 Å². The van der Waals surface area contributed by atoms with E-state index in [-0.39, 0.29) is 12.0 Å². The molecule has 0 aliphatic heterocycles. The third-order valence-corrected chi connectivity index (χ3v) is 3.82. The predicted molar refractivity (Wildman–Crippen MR) is 62.8 cm³/mol. The maximum absolute atomic E-state index is 10.0. The summed E-state index contributed by atoms with van der Waals surface area (Å²) in [5.74, 6) is 0.260. The minimum absolute atomic E-state index is 0.197. The molecule has 2 atom stereocenters. The molecule has 84 valence electrons. The van der Waals surface area contributed by atoms with E-state index in [1.807, 2.05) is 10.9 Å². The Morgan fingerprint density at radius 3 is 2.93 bits per heavy atom. The second-order valence-corrected chi connectivity index (χ2v) is 5.01. The van der Waals surface area contributed by atoms with Crippen LogP contribution >= 0.6 is 15.9 Å². The summed E-state index contributed by atoms with van der Waals surface area (Å²) < 4.78 is 3.03. The van der Waals surface area contributed by atoms with Crippen molar-refractivity contribution in [2.24, 2.45) is 0 Å². The van der Waals surface area contributed by atoms with Gasteiger partial charge in [0.05, 0.1) is 22.5 Å². The Hall–Kier alpha value is -0.350. The molecule has 2 unspecified atom stereocenters. The van der Waals surface area contributed by atoms with E-state index in [0.717, 1.165) is 30.3 Å². The van der Waals surface area contributed by atoms with Gasteiger partial charge in [0.25, 0.3) is 0 Å². The highest BCUT2D eigenvalue weighted by Crippen LogP contribution is 2.36.